The van der Waals surface area contributed by atoms with Crippen molar-refractivity contribution in [3.8, 4) is 5.75 Å². The zero-order chi connectivity index (χ0) is 19.8. The van der Waals surface area contributed by atoms with E-state index in [-0.39, 0.29) is 6.04 Å². The molecule has 1 fully saturated rings. The Morgan fingerprint density at radius 3 is 2.57 bits per heavy atom. The highest BCUT2D eigenvalue weighted by Gasteiger charge is 2.14. The van der Waals surface area contributed by atoms with Crippen LogP contribution < -0.4 is 20.3 Å². The number of ether oxygens (including phenoxy) is 1. The Hall–Kier alpha value is -2.69. The summed E-state index contributed by atoms with van der Waals surface area (Å²) in [5.74, 6) is 1.71. The van der Waals surface area contributed by atoms with Gasteiger partial charge in [0, 0.05) is 32.4 Å². The first kappa shape index (κ1) is 20.1. The quantitative estimate of drug-likeness (QED) is 0.567. The Morgan fingerprint density at radius 2 is 1.89 bits per heavy atom. The van der Waals surface area contributed by atoms with E-state index in [1.54, 1.807) is 7.11 Å². The summed E-state index contributed by atoms with van der Waals surface area (Å²) in [6, 6.07) is 17.2. The molecular weight excluding hydrogens is 348 g/mol. The molecule has 0 radical (unpaired) electrons. The van der Waals surface area contributed by atoms with Gasteiger partial charge in [0.15, 0.2) is 5.96 Å². The van der Waals surface area contributed by atoms with Crippen LogP contribution >= 0.6 is 0 Å². The molecule has 0 amide bonds. The molecule has 0 saturated carbocycles. The third-order valence-electron chi connectivity index (χ3n) is 5.28. The molecule has 0 aliphatic carbocycles. The summed E-state index contributed by atoms with van der Waals surface area (Å²) in [4.78, 5) is 6.85. The number of hydrogen-bond acceptors (Lipinski definition) is 3. The van der Waals surface area contributed by atoms with Crippen LogP contribution in [0, 0.1) is 0 Å². The summed E-state index contributed by atoms with van der Waals surface area (Å²) in [7, 11) is 3.50. The van der Waals surface area contributed by atoms with Crippen LogP contribution in [0.15, 0.2) is 53.5 Å². The van der Waals surface area contributed by atoms with Crippen molar-refractivity contribution in [2.45, 2.75) is 32.2 Å². The average Bonchev–Trinajstić information content (AvgIpc) is 3.28. The van der Waals surface area contributed by atoms with Crippen molar-refractivity contribution in [2.24, 2.45) is 4.99 Å². The lowest BCUT2D eigenvalue weighted by atomic mass is 10.1. The summed E-state index contributed by atoms with van der Waals surface area (Å²) in [6.45, 7) is 5.34. The van der Waals surface area contributed by atoms with E-state index in [2.05, 4.69) is 63.8 Å². The van der Waals surface area contributed by atoms with Crippen molar-refractivity contribution in [2.75, 3.05) is 38.7 Å². The molecule has 2 N–H and O–H groups in total. The first-order valence-electron chi connectivity index (χ1n) is 10.1. The number of aliphatic imine (C=N–C) groups is 1. The predicted molar refractivity (Wildman–Crippen MR) is 117 cm³/mol. The third-order valence-corrected chi connectivity index (χ3v) is 5.28. The Morgan fingerprint density at radius 1 is 1.14 bits per heavy atom. The largest absolute Gasteiger partial charge is 0.497 e. The molecule has 5 heteroatoms. The number of hydrogen-bond donors (Lipinski definition) is 2. The minimum atomic E-state index is 0.190. The molecule has 0 spiro atoms. The number of anilines is 1. The van der Waals surface area contributed by atoms with Gasteiger partial charge in [-0.2, -0.15) is 0 Å². The maximum Gasteiger partial charge on any atom is 0.191 e. The molecule has 28 heavy (non-hydrogen) atoms. The SMILES string of the molecule is CN=C(NCCc1ccc(OC)cc1)NC(C)c1cccc(N2CCCC2)c1. The van der Waals surface area contributed by atoms with Crippen LogP contribution in [0.1, 0.15) is 36.9 Å². The van der Waals surface area contributed by atoms with Crippen LogP contribution in [0.2, 0.25) is 0 Å². The summed E-state index contributed by atoms with van der Waals surface area (Å²) in [5.41, 5.74) is 3.88. The first-order valence-corrected chi connectivity index (χ1v) is 10.1. The molecular formula is C23H32N4O. The topological polar surface area (TPSA) is 48.9 Å². The minimum Gasteiger partial charge on any atom is -0.497 e. The van der Waals surface area contributed by atoms with Gasteiger partial charge in [0.05, 0.1) is 13.2 Å². The van der Waals surface area contributed by atoms with Gasteiger partial charge in [-0.25, -0.2) is 0 Å². The Labute approximate surface area is 168 Å². The maximum absolute atomic E-state index is 5.21. The maximum atomic E-state index is 5.21. The van der Waals surface area contributed by atoms with Crippen molar-refractivity contribution in [3.05, 3.63) is 59.7 Å². The second-order valence-corrected chi connectivity index (χ2v) is 7.25. The van der Waals surface area contributed by atoms with Gasteiger partial charge in [0.1, 0.15) is 5.75 Å². The first-order chi connectivity index (χ1) is 13.7. The van der Waals surface area contributed by atoms with E-state index < -0.39 is 0 Å². The molecule has 5 nitrogen and oxygen atoms in total. The second-order valence-electron chi connectivity index (χ2n) is 7.25. The number of nitrogens with zero attached hydrogens (tertiary/aromatic N) is 2. The molecule has 1 heterocycles. The molecule has 1 aliphatic heterocycles. The van der Waals surface area contributed by atoms with Gasteiger partial charge < -0.3 is 20.3 Å². The highest BCUT2D eigenvalue weighted by molar-refractivity contribution is 5.80. The molecule has 2 aromatic rings. The zero-order valence-corrected chi connectivity index (χ0v) is 17.2. The van der Waals surface area contributed by atoms with Gasteiger partial charge in [0.25, 0.3) is 0 Å². The van der Waals surface area contributed by atoms with Crippen LogP contribution in [0.3, 0.4) is 0 Å². The molecule has 1 atom stereocenters. The molecule has 1 aliphatic rings. The molecule has 150 valence electrons. The summed E-state index contributed by atoms with van der Waals surface area (Å²) in [6.07, 6.45) is 3.52. The summed E-state index contributed by atoms with van der Waals surface area (Å²) < 4.78 is 5.21. The van der Waals surface area contributed by atoms with Crippen molar-refractivity contribution >= 4 is 11.6 Å². The number of benzene rings is 2. The average molecular weight is 381 g/mol. The second kappa shape index (κ2) is 10.0. The van der Waals surface area contributed by atoms with Crippen molar-refractivity contribution in [1.82, 2.24) is 10.6 Å². The molecule has 1 unspecified atom stereocenters. The zero-order valence-electron chi connectivity index (χ0n) is 17.2. The van der Waals surface area contributed by atoms with E-state index in [9.17, 15) is 0 Å². The van der Waals surface area contributed by atoms with Crippen LogP contribution in [0.4, 0.5) is 5.69 Å². The fourth-order valence-corrected chi connectivity index (χ4v) is 3.57. The van der Waals surface area contributed by atoms with Crippen LogP contribution in [0.25, 0.3) is 0 Å². The van der Waals surface area contributed by atoms with E-state index in [0.717, 1.165) is 24.7 Å². The van der Waals surface area contributed by atoms with E-state index in [1.807, 2.05) is 19.2 Å². The van der Waals surface area contributed by atoms with Gasteiger partial charge >= 0.3 is 0 Å². The fraction of sp³-hybridized carbons (Fsp3) is 0.435. The van der Waals surface area contributed by atoms with E-state index in [1.165, 1.54) is 42.7 Å². The van der Waals surface area contributed by atoms with Crippen LogP contribution in [-0.4, -0.2) is 39.8 Å². The Balaban J connectivity index is 1.51. The van der Waals surface area contributed by atoms with Crippen molar-refractivity contribution in [3.63, 3.8) is 0 Å². The van der Waals surface area contributed by atoms with E-state index >= 15 is 0 Å². The number of rotatable bonds is 7. The van der Waals surface area contributed by atoms with Crippen molar-refractivity contribution < 1.29 is 4.74 Å². The fourth-order valence-electron chi connectivity index (χ4n) is 3.57. The number of methoxy groups -OCH3 is 1. The van der Waals surface area contributed by atoms with Gasteiger partial charge in [0.2, 0.25) is 0 Å². The molecule has 1 saturated heterocycles. The lowest BCUT2D eigenvalue weighted by Crippen LogP contribution is -2.39. The summed E-state index contributed by atoms with van der Waals surface area (Å²) in [5, 5.41) is 6.92. The van der Waals surface area contributed by atoms with Gasteiger partial charge in [-0.3, -0.25) is 4.99 Å². The van der Waals surface area contributed by atoms with Crippen LogP contribution in [-0.2, 0) is 6.42 Å². The molecule has 2 aromatic carbocycles. The minimum absolute atomic E-state index is 0.190. The predicted octanol–water partition coefficient (Wildman–Crippen LogP) is 3.76. The lowest BCUT2D eigenvalue weighted by molar-refractivity contribution is 0.414. The van der Waals surface area contributed by atoms with Crippen LogP contribution in [0.5, 0.6) is 5.75 Å². The molecule has 3 rings (SSSR count). The monoisotopic (exact) mass is 380 g/mol. The standard InChI is InChI=1S/C23H32N4O/c1-18(20-7-6-8-21(17-20)27-15-4-5-16-27)26-23(24-2)25-14-13-19-9-11-22(28-3)12-10-19/h6-12,17-18H,4-5,13-16H2,1-3H3,(H2,24,25,26). The highest BCUT2D eigenvalue weighted by Crippen LogP contribution is 2.23. The highest BCUT2D eigenvalue weighted by atomic mass is 16.5. The van der Waals surface area contributed by atoms with Gasteiger partial charge in [-0.05, 0) is 61.6 Å². The van der Waals surface area contributed by atoms with Gasteiger partial charge in [-0.1, -0.05) is 24.3 Å². The Bertz CT molecular complexity index is 766. The number of guanidine groups is 1. The Kier molecular flexibility index (Phi) is 7.18. The summed E-state index contributed by atoms with van der Waals surface area (Å²) >= 11 is 0. The van der Waals surface area contributed by atoms with E-state index in [4.69, 9.17) is 4.74 Å². The smallest absolute Gasteiger partial charge is 0.191 e. The van der Waals surface area contributed by atoms with E-state index in [0.29, 0.717) is 0 Å². The van der Waals surface area contributed by atoms with Gasteiger partial charge in [-0.15, -0.1) is 0 Å². The molecule has 0 bridgehead atoms. The third kappa shape index (κ3) is 5.41. The van der Waals surface area contributed by atoms with Crippen molar-refractivity contribution in [1.29, 1.82) is 0 Å². The normalized spacial score (nSPS) is 15.4. The lowest BCUT2D eigenvalue weighted by Gasteiger charge is -2.22. The molecule has 0 aromatic heterocycles. The number of nitrogens with one attached hydrogen (secondary N) is 2.